The molecule has 0 saturated carbocycles. The van der Waals surface area contributed by atoms with Gasteiger partial charge in [-0.3, -0.25) is 0 Å². The topological polar surface area (TPSA) is 18.5 Å². The van der Waals surface area contributed by atoms with Crippen molar-refractivity contribution >= 4 is 20.2 Å². The molecule has 1 unspecified atom stereocenters. The summed E-state index contributed by atoms with van der Waals surface area (Å²) >= 11 is 5.63. The van der Waals surface area contributed by atoms with E-state index in [1.165, 1.54) is 0 Å². The van der Waals surface area contributed by atoms with Gasteiger partial charge in [0.05, 0.1) is 0 Å². The van der Waals surface area contributed by atoms with Crippen molar-refractivity contribution in [3.8, 4) is 0 Å². The van der Waals surface area contributed by atoms with Gasteiger partial charge in [0.1, 0.15) is 5.56 Å². The largest absolute Gasteiger partial charge is 0.395 e. The van der Waals surface area contributed by atoms with Crippen molar-refractivity contribution in [2.24, 2.45) is 0 Å². The Morgan fingerprint density at radius 1 is 1.50 bits per heavy atom. The first-order valence-electron chi connectivity index (χ1n) is 3.44. The first kappa shape index (κ1) is 10.4. The Bertz CT molecular complexity index is 95.7. The second kappa shape index (κ2) is 4.33. The minimum absolute atomic E-state index is 0.242. The number of rotatable bonds is 4. The minimum Gasteiger partial charge on any atom is -0.395 e. The van der Waals surface area contributed by atoms with E-state index in [-0.39, 0.29) is 5.56 Å². The molecular formula is C6H15ClO2Si. The summed E-state index contributed by atoms with van der Waals surface area (Å²) in [6.07, 6.45) is 0. The van der Waals surface area contributed by atoms with E-state index in [1.807, 2.05) is 20.0 Å². The highest BCUT2D eigenvalue weighted by atomic mass is 35.5. The molecule has 0 aromatic rings. The molecule has 10 heavy (non-hydrogen) atoms. The van der Waals surface area contributed by atoms with Crippen LogP contribution in [0.5, 0.6) is 0 Å². The Morgan fingerprint density at radius 2 is 2.00 bits per heavy atom. The monoisotopic (exact) mass is 182 g/mol. The molecule has 2 nitrogen and oxygen atoms in total. The van der Waals surface area contributed by atoms with Crippen molar-refractivity contribution in [2.75, 3.05) is 6.61 Å². The van der Waals surface area contributed by atoms with Crippen molar-refractivity contribution in [2.45, 2.75) is 32.5 Å². The highest BCUT2D eigenvalue weighted by Gasteiger charge is 2.25. The zero-order valence-electron chi connectivity index (χ0n) is 6.98. The van der Waals surface area contributed by atoms with Crippen molar-refractivity contribution in [3.63, 3.8) is 0 Å². The molecule has 1 atom stereocenters. The van der Waals surface area contributed by atoms with Gasteiger partial charge in [-0.05, 0) is 26.9 Å². The van der Waals surface area contributed by atoms with Crippen molar-refractivity contribution in [3.05, 3.63) is 0 Å². The van der Waals surface area contributed by atoms with Crippen LogP contribution >= 0.6 is 11.6 Å². The van der Waals surface area contributed by atoms with Crippen LogP contribution in [-0.2, 0) is 8.85 Å². The molecule has 0 heterocycles. The molecule has 0 radical (unpaired) electrons. The summed E-state index contributed by atoms with van der Waals surface area (Å²) in [6, 6.07) is 0. The Kier molecular flexibility index (Phi) is 4.52. The van der Waals surface area contributed by atoms with Gasteiger partial charge in [-0.15, -0.1) is 0 Å². The van der Waals surface area contributed by atoms with Crippen LogP contribution in [-0.4, -0.2) is 20.7 Å². The molecule has 0 aromatic heterocycles. The molecule has 62 valence electrons. The van der Waals surface area contributed by atoms with E-state index in [0.717, 1.165) is 0 Å². The lowest BCUT2D eigenvalue weighted by molar-refractivity contribution is 0.177. The normalized spacial score (nSPS) is 15.3. The minimum atomic E-state index is -1.90. The first-order chi connectivity index (χ1) is 4.48. The third-order valence-corrected chi connectivity index (χ3v) is 3.08. The second-order valence-corrected chi connectivity index (χ2v) is 6.43. The lowest BCUT2D eigenvalue weighted by atomic mass is 10.9. The average Bonchev–Trinajstić information content (AvgIpc) is 1.59. The summed E-state index contributed by atoms with van der Waals surface area (Å²) in [4.78, 5) is 0. The van der Waals surface area contributed by atoms with Crippen LogP contribution in [0.25, 0.3) is 0 Å². The quantitative estimate of drug-likeness (QED) is 0.491. The lowest BCUT2D eigenvalue weighted by Crippen LogP contribution is -2.36. The maximum atomic E-state index is 5.63. The van der Waals surface area contributed by atoms with Gasteiger partial charge < -0.3 is 8.85 Å². The maximum Gasteiger partial charge on any atom is 0.332 e. The predicted molar refractivity (Wildman–Crippen MR) is 45.5 cm³/mol. The van der Waals surface area contributed by atoms with Crippen molar-refractivity contribution in [1.29, 1.82) is 0 Å². The van der Waals surface area contributed by atoms with Gasteiger partial charge in [0.2, 0.25) is 0 Å². The van der Waals surface area contributed by atoms with Crippen LogP contribution in [0, 0.1) is 0 Å². The summed E-state index contributed by atoms with van der Waals surface area (Å²) < 4.78 is 10.7. The second-order valence-electron chi connectivity index (χ2n) is 2.49. The number of halogens is 1. The van der Waals surface area contributed by atoms with Gasteiger partial charge in [0.15, 0.2) is 0 Å². The van der Waals surface area contributed by atoms with Crippen LogP contribution in [0.2, 0.25) is 13.1 Å². The molecule has 0 N–H and O–H groups in total. The number of hydrogen-bond donors (Lipinski definition) is 0. The van der Waals surface area contributed by atoms with Gasteiger partial charge >= 0.3 is 8.56 Å². The molecule has 0 bridgehead atoms. The van der Waals surface area contributed by atoms with Crippen LogP contribution in [0.3, 0.4) is 0 Å². The maximum absolute atomic E-state index is 5.63. The highest BCUT2D eigenvalue weighted by Crippen LogP contribution is 2.11. The van der Waals surface area contributed by atoms with Crippen LogP contribution in [0.4, 0.5) is 0 Å². The van der Waals surface area contributed by atoms with E-state index in [1.54, 1.807) is 6.92 Å². The van der Waals surface area contributed by atoms with E-state index in [0.29, 0.717) is 6.61 Å². The molecule has 0 saturated heterocycles. The van der Waals surface area contributed by atoms with Gasteiger partial charge in [-0.25, -0.2) is 0 Å². The number of alkyl halides is 1. The van der Waals surface area contributed by atoms with E-state index < -0.39 is 8.56 Å². The summed E-state index contributed by atoms with van der Waals surface area (Å²) in [7, 11) is -1.90. The van der Waals surface area contributed by atoms with Crippen molar-refractivity contribution < 1.29 is 8.85 Å². The Morgan fingerprint density at radius 3 is 2.30 bits per heavy atom. The fraction of sp³-hybridized carbons (Fsp3) is 1.00. The van der Waals surface area contributed by atoms with Gasteiger partial charge in [0.25, 0.3) is 0 Å². The van der Waals surface area contributed by atoms with E-state index in [4.69, 9.17) is 20.5 Å². The van der Waals surface area contributed by atoms with Crippen LogP contribution in [0.1, 0.15) is 13.8 Å². The fourth-order valence-corrected chi connectivity index (χ4v) is 2.96. The molecule has 0 aliphatic carbocycles. The SMILES string of the molecule is CCO[Si](C)(C)OC(C)Cl. The molecule has 0 aliphatic heterocycles. The lowest BCUT2D eigenvalue weighted by Gasteiger charge is -2.23. The van der Waals surface area contributed by atoms with E-state index >= 15 is 0 Å². The molecule has 0 amide bonds. The summed E-state index contributed by atoms with van der Waals surface area (Å²) in [5.41, 5.74) is -0.242. The molecule has 0 aliphatic rings. The summed E-state index contributed by atoms with van der Waals surface area (Å²) in [6.45, 7) is 8.42. The molecule has 0 fully saturated rings. The Labute approximate surface area is 68.7 Å². The van der Waals surface area contributed by atoms with E-state index in [2.05, 4.69) is 0 Å². The zero-order valence-corrected chi connectivity index (χ0v) is 8.73. The van der Waals surface area contributed by atoms with Crippen LogP contribution in [0.15, 0.2) is 0 Å². The van der Waals surface area contributed by atoms with Crippen LogP contribution < -0.4 is 0 Å². The Balaban J connectivity index is 3.63. The standard InChI is InChI=1S/C6H15ClO2Si/c1-5-8-10(3,4)9-6(2)7/h6H,5H2,1-4H3. The molecule has 0 rings (SSSR count). The zero-order chi connectivity index (χ0) is 8.20. The smallest absolute Gasteiger partial charge is 0.332 e. The first-order valence-corrected chi connectivity index (χ1v) is 6.69. The van der Waals surface area contributed by atoms with Gasteiger partial charge in [-0.2, -0.15) is 0 Å². The summed E-state index contributed by atoms with van der Waals surface area (Å²) in [5, 5.41) is 0. The van der Waals surface area contributed by atoms with Gasteiger partial charge in [0, 0.05) is 6.61 Å². The van der Waals surface area contributed by atoms with Crippen molar-refractivity contribution in [1.82, 2.24) is 0 Å². The Hall–Kier alpha value is 0.427. The average molecular weight is 183 g/mol. The summed E-state index contributed by atoms with van der Waals surface area (Å²) in [5.74, 6) is 0. The molecule has 0 spiro atoms. The highest BCUT2D eigenvalue weighted by molar-refractivity contribution is 6.65. The fourth-order valence-electron chi connectivity index (χ4n) is 0.773. The van der Waals surface area contributed by atoms with Gasteiger partial charge in [-0.1, -0.05) is 11.6 Å². The van der Waals surface area contributed by atoms with E-state index in [9.17, 15) is 0 Å². The molecule has 4 heteroatoms. The number of hydrogen-bond acceptors (Lipinski definition) is 2. The molecule has 0 aromatic carbocycles. The third kappa shape index (κ3) is 5.23. The molecular weight excluding hydrogens is 168 g/mol. The third-order valence-electron chi connectivity index (χ3n) is 0.938. The predicted octanol–water partition coefficient (Wildman–Crippen LogP) is 2.33.